The Kier molecular flexibility index (Phi) is 8.43. The summed E-state index contributed by atoms with van der Waals surface area (Å²) in [5, 5.41) is 0.0384. The summed E-state index contributed by atoms with van der Waals surface area (Å²) in [5.41, 5.74) is 2.26. The van der Waals surface area contributed by atoms with Crippen molar-refractivity contribution in [1.29, 1.82) is 0 Å². The average molecular weight is 443 g/mol. The lowest BCUT2D eigenvalue weighted by atomic mass is 10.1. The van der Waals surface area contributed by atoms with Crippen LogP contribution in [0.15, 0.2) is 43.0 Å². The van der Waals surface area contributed by atoms with Crippen LogP contribution in [0.4, 0.5) is 0 Å². The molecular weight excluding hydrogens is 404 g/mol. The van der Waals surface area contributed by atoms with Gasteiger partial charge in [-0.3, -0.25) is 0 Å². The highest BCUT2D eigenvalue weighted by Gasteiger charge is 2.41. The van der Waals surface area contributed by atoms with Crippen LogP contribution in [0.3, 0.4) is 0 Å². The first-order valence-electron chi connectivity index (χ1n) is 11.1. The molecule has 170 valence electrons. The standard InChI is InChI=1S/C25H38N2O3Si/c1-9-14-20(30-31(7,8)25(3,4)5)22-23(24(28)29-6)27(21(26-22)15-10-2)18-19-16-12-11-13-17-19/h9,11-13,16-17,20H,1,10,14-15,18H2,2-8H3. The second-order valence-electron chi connectivity index (χ2n) is 9.47. The minimum Gasteiger partial charge on any atom is -0.464 e. The normalized spacial score (nSPS) is 13.1. The van der Waals surface area contributed by atoms with Crippen LogP contribution in [0.1, 0.15) is 74.2 Å². The van der Waals surface area contributed by atoms with E-state index in [0.29, 0.717) is 24.4 Å². The van der Waals surface area contributed by atoms with Gasteiger partial charge < -0.3 is 13.7 Å². The average Bonchev–Trinajstić information content (AvgIpc) is 3.05. The summed E-state index contributed by atoms with van der Waals surface area (Å²) in [6.45, 7) is 17.7. The van der Waals surface area contributed by atoms with Crippen molar-refractivity contribution < 1.29 is 14.0 Å². The molecule has 1 heterocycles. The number of nitrogens with zero attached hydrogens (tertiary/aromatic N) is 2. The van der Waals surface area contributed by atoms with Gasteiger partial charge in [-0.2, -0.15) is 0 Å². The van der Waals surface area contributed by atoms with Gasteiger partial charge in [0.1, 0.15) is 11.5 Å². The predicted molar refractivity (Wildman–Crippen MR) is 129 cm³/mol. The van der Waals surface area contributed by atoms with Crippen LogP contribution < -0.4 is 0 Å². The maximum atomic E-state index is 13.0. The lowest BCUT2D eigenvalue weighted by molar-refractivity contribution is 0.0581. The number of aromatic nitrogens is 2. The molecular formula is C25H38N2O3Si. The summed E-state index contributed by atoms with van der Waals surface area (Å²) in [4.78, 5) is 17.9. The summed E-state index contributed by atoms with van der Waals surface area (Å²) < 4.78 is 14.0. The number of rotatable bonds is 10. The highest BCUT2D eigenvalue weighted by Crippen LogP contribution is 2.41. The highest BCUT2D eigenvalue weighted by atomic mass is 28.4. The fraction of sp³-hybridized carbons (Fsp3) is 0.520. The monoisotopic (exact) mass is 442 g/mol. The zero-order chi connectivity index (χ0) is 23.2. The van der Waals surface area contributed by atoms with Crippen molar-refractivity contribution in [3.05, 3.63) is 65.8 Å². The van der Waals surface area contributed by atoms with E-state index < -0.39 is 8.32 Å². The van der Waals surface area contributed by atoms with Crippen LogP contribution in [0.25, 0.3) is 0 Å². The molecule has 0 aliphatic heterocycles. The molecule has 0 fully saturated rings. The van der Waals surface area contributed by atoms with Crippen molar-refractivity contribution in [1.82, 2.24) is 9.55 Å². The summed E-state index contributed by atoms with van der Waals surface area (Å²) in [6, 6.07) is 10.1. The van der Waals surface area contributed by atoms with E-state index in [9.17, 15) is 4.79 Å². The lowest BCUT2D eigenvalue weighted by Gasteiger charge is -2.39. The zero-order valence-corrected chi connectivity index (χ0v) is 21.2. The Morgan fingerprint density at radius 1 is 1.26 bits per heavy atom. The van der Waals surface area contributed by atoms with E-state index in [1.165, 1.54) is 7.11 Å². The van der Waals surface area contributed by atoms with Crippen molar-refractivity contribution in [2.24, 2.45) is 0 Å². The van der Waals surface area contributed by atoms with Gasteiger partial charge >= 0.3 is 5.97 Å². The molecule has 0 aliphatic carbocycles. The second kappa shape index (κ2) is 10.4. The van der Waals surface area contributed by atoms with Crippen molar-refractivity contribution in [2.75, 3.05) is 7.11 Å². The number of carbonyl (C=O) groups excluding carboxylic acids is 1. The first kappa shape index (κ1) is 25.1. The molecule has 1 aromatic carbocycles. The highest BCUT2D eigenvalue weighted by molar-refractivity contribution is 6.74. The fourth-order valence-electron chi connectivity index (χ4n) is 3.31. The fourth-order valence-corrected chi connectivity index (χ4v) is 4.58. The van der Waals surface area contributed by atoms with E-state index in [4.69, 9.17) is 14.1 Å². The van der Waals surface area contributed by atoms with E-state index in [1.54, 1.807) is 0 Å². The Hall–Kier alpha value is -2.18. The maximum Gasteiger partial charge on any atom is 0.356 e. The number of esters is 1. The molecule has 0 amide bonds. The number of hydrogen-bond acceptors (Lipinski definition) is 4. The third-order valence-corrected chi connectivity index (χ3v) is 10.5. The van der Waals surface area contributed by atoms with Crippen molar-refractivity contribution in [3.63, 3.8) is 0 Å². The molecule has 31 heavy (non-hydrogen) atoms. The number of ether oxygens (including phenoxy) is 1. The van der Waals surface area contributed by atoms with Gasteiger partial charge in [-0.15, -0.1) is 6.58 Å². The molecule has 0 N–H and O–H groups in total. The quantitative estimate of drug-likeness (QED) is 0.246. The molecule has 0 aliphatic rings. The number of methoxy groups -OCH3 is 1. The number of carbonyl (C=O) groups is 1. The molecule has 0 spiro atoms. The first-order valence-corrected chi connectivity index (χ1v) is 14.0. The Morgan fingerprint density at radius 2 is 1.90 bits per heavy atom. The summed E-state index contributed by atoms with van der Waals surface area (Å²) in [6.07, 6.45) is 3.80. The number of benzene rings is 1. The third-order valence-electron chi connectivity index (χ3n) is 6.04. The Bertz CT molecular complexity index is 882. The minimum absolute atomic E-state index is 0.0384. The molecule has 6 heteroatoms. The SMILES string of the molecule is C=CCC(O[Si](C)(C)C(C)(C)C)c1nc(CCC)n(Cc2ccccc2)c1C(=O)OC. The number of imidazole rings is 1. The zero-order valence-electron chi connectivity index (χ0n) is 20.2. The molecule has 1 aromatic heterocycles. The van der Waals surface area contributed by atoms with E-state index in [-0.39, 0.29) is 17.1 Å². The molecule has 2 rings (SSSR count). The number of hydrogen-bond donors (Lipinski definition) is 0. The van der Waals surface area contributed by atoms with Gasteiger partial charge in [0.2, 0.25) is 0 Å². The van der Waals surface area contributed by atoms with Crippen molar-refractivity contribution in [3.8, 4) is 0 Å². The lowest BCUT2D eigenvalue weighted by Crippen LogP contribution is -2.42. The van der Waals surface area contributed by atoms with E-state index in [1.807, 2.05) is 28.8 Å². The van der Waals surface area contributed by atoms with Gasteiger partial charge in [0.15, 0.2) is 14.0 Å². The van der Waals surface area contributed by atoms with E-state index >= 15 is 0 Å². The van der Waals surface area contributed by atoms with Crippen molar-refractivity contribution >= 4 is 14.3 Å². The summed E-state index contributed by atoms with van der Waals surface area (Å²) >= 11 is 0. The van der Waals surface area contributed by atoms with Gasteiger partial charge in [0.25, 0.3) is 0 Å². The summed E-state index contributed by atoms with van der Waals surface area (Å²) in [5.74, 6) is 0.503. The summed E-state index contributed by atoms with van der Waals surface area (Å²) in [7, 11) is -0.686. The minimum atomic E-state index is -2.11. The van der Waals surface area contributed by atoms with Crippen LogP contribution in [0.5, 0.6) is 0 Å². The Labute approximate surface area is 188 Å². The largest absolute Gasteiger partial charge is 0.464 e. The first-order chi connectivity index (χ1) is 14.6. The van der Waals surface area contributed by atoms with Gasteiger partial charge in [-0.1, -0.05) is 64.1 Å². The smallest absolute Gasteiger partial charge is 0.356 e. The molecule has 0 bridgehead atoms. The Morgan fingerprint density at radius 3 is 2.42 bits per heavy atom. The second-order valence-corrected chi connectivity index (χ2v) is 14.2. The van der Waals surface area contributed by atoms with Crippen LogP contribution in [0.2, 0.25) is 18.1 Å². The van der Waals surface area contributed by atoms with E-state index in [0.717, 1.165) is 24.2 Å². The topological polar surface area (TPSA) is 53.4 Å². The van der Waals surface area contributed by atoms with Gasteiger partial charge in [0.05, 0.1) is 13.2 Å². The van der Waals surface area contributed by atoms with E-state index in [2.05, 4.69) is 59.5 Å². The predicted octanol–water partition coefficient (Wildman–Crippen LogP) is 6.31. The molecule has 0 radical (unpaired) electrons. The molecule has 1 atom stereocenters. The molecule has 5 nitrogen and oxygen atoms in total. The van der Waals surface area contributed by atoms with Gasteiger partial charge in [-0.05, 0) is 36.5 Å². The van der Waals surface area contributed by atoms with Gasteiger partial charge in [0, 0.05) is 13.0 Å². The molecule has 0 saturated carbocycles. The van der Waals surface area contributed by atoms with Crippen LogP contribution in [-0.4, -0.2) is 30.9 Å². The van der Waals surface area contributed by atoms with Gasteiger partial charge in [-0.25, -0.2) is 9.78 Å². The molecule has 1 unspecified atom stereocenters. The third kappa shape index (κ3) is 5.95. The molecule has 0 saturated heterocycles. The Balaban J connectivity index is 2.64. The number of aryl methyl sites for hydroxylation is 1. The van der Waals surface area contributed by atoms with Crippen LogP contribution >= 0.6 is 0 Å². The molecule has 2 aromatic rings. The van der Waals surface area contributed by atoms with Crippen LogP contribution in [0, 0.1) is 0 Å². The van der Waals surface area contributed by atoms with Crippen LogP contribution in [-0.2, 0) is 22.1 Å². The van der Waals surface area contributed by atoms with Crippen molar-refractivity contribution in [2.45, 2.75) is 77.7 Å². The maximum absolute atomic E-state index is 13.0.